The first kappa shape index (κ1) is 14.0. The number of rotatable bonds is 4. The van der Waals surface area contributed by atoms with Gasteiger partial charge in [0.1, 0.15) is 4.83 Å². The molecule has 0 aliphatic heterocycles. The zero-order valence-corrected chi connectivity index (χ0v) is 12.8. The maximum absolute atomic E-state index is 12.7. The van der Waals surface area contributed by atoms with E-state index in [9.17, 15) is 4.79 Å². The predicted molar refractivity (Wildman–Crippen MR) is 85.9 cm³/mol. The maximum Gasteiger partial charge on any atom is 0.262 e. The zero-order valence-electron chi connectivity index (χ0n) is 12.0. The molecular formula is C16H16N2O2S. The van der Waals surface area contributed by atoms with Gasteiger partial charge in [0.2, 0.25) is 0 Å². The lowest BCUT2D eigenvalue weighted by molar-refractivity contribution is 0.186. The van der Waals surface area contributed by atoms with E-state index in [2.05, 4.69) is 4.98 Å². The Bertz CT molecular complexity index is 821. The van der Waals surface area contributed by atoms with Crippen LogP contribution in [0, 0.1) is 6.92 Å². The highest BCUT2D eigenvalue weighted by Crippen LogP contribution is 2.35. The fourth-order valence-corrected chi connectivity index (χ4v) is 3.44. The largest absolute Gasteiger partial charge is 0.383 e. The van der Waals surface area contributed by atoms with E-state index in [0.717, 1.165) is 20.8 Å². The van der Waals surface area contributed by atoms with Crippen LogP contribution in [0.4, 0.5) is 0 Å². The molecule has 1 aromatic carbocycles. The molecule has 3 rings (SSSR count). The Morgan fingerprint density at radius 1 is 1.29 bits per heavy atom. The van der Waals surface area contributed by atoms with Crippen LogP contribution in [0.1, 0.15) is 4.88 Å². The van der Waals surface area contributed by atoms with Crippen LogP contribution >= 0.6 is 11.3 Å². The molecule has 5 heteroatoms. The number of thiophene rings is 1. The van der Waals surface area contributed by atoms with Gasteiger partial charge in [-0.15, -0.1) is 11.3 Å². The van der Waals surface area contributed by atoms with Gasteiger partial charge >= 0.3 is 0 Å². The third-order valence-corrected chi connectivity index (χ3v) is 4.47. The Labute approximate surface area is 126 Å². The molecular weight excluding hydrogens is 284 g/mol. The molecule has 0 N–H and O–H groups in total. The van der Waals surface area contributed by atoms with Crippen LogP contribution in [-0.4, -0.2) is 23.3 Å². The maximum atomic E-state index is 12.7. The van der Waals surface area contributed by atoms with Gasteiger partial charge in [0.05, 0.1) is 24.9 Å². The van der Waals surface area contributed by atoms with Crippen LogP contribution in [0.2, 0.25) is 0 Å². The number of fused-ring (bicyclic) bond motifs is 1. The number of aryl methyl sites for hydroxylation is 1. The third kappa shape index (κ3) is 2.50. The number of nitrogens with zero attached hydrogens (tertiary/aromatic N) is 2. The molecule has 3 aromatic rings. The van der Waals surface area contributed by atoms with E-state index in [1.54, 1.807) is 29.3 Å². The lowest BCUT2D eigenvalue weighted by atomic mass is 10.0. The molecule has 0 amide bonds. The predicted octanol–water partition coefficient (Wildman–Crippen LogP) is 3.08. The van der Waals surface area contributed by atoms with Crippen molar-refractivity contribution >= 4 is 21.6 Å². The Morgan fingerprint density at radius 2 is 2.05 bits per heavy atom. The van der Waals surface area contributed by atoms with Gasteiger partial charge in [-0.3, -0.25) is 9.36 Å². The van der Waals surface area contributed by atoms with Gasteiger partial charge < -0.3 is 4.74 Å². The van der Waals surface area contributed by atoms with Gasteiger partial charge in [-0.25, -0.2) is 4.98 Å². The normalized spacial score (nSPS) is 11.1. The molecule has 0 spiro atoms. The molecule has 4 nitrogen and oxygen atoms in total. The first-order chi connectivity index (χ1) is 10.2. The number of ether oxygens (including phenoxy) is 1. The second kappa shape index (κ2) is 5.79. The van der Waals surface area contributed by atoms with Crippen molar-refractivity contribution in [3.8, 4) is 11.1 Å². The third-order valence-electron chi connectivity index (χ3n) is 3.45. The molecule has 2 aromatic heterocycles. The number of hydrogen-bond acceptors (Lipinski definition) is 4. The average molecular weight is 300 g/mol. The van der Waals surface area contributed by atoms with E-state index in [0.29, 0.717) is 18.5 Å². The van der Waals surface area contributed by atoms with Crippen molar-refractivity contribution < 1.29 is 4.74 Å². The smallest absolute Gasteiger partial charge is 0.262 e. The molecule has 0 unspecified atom stereocenters. The summed E-state index contributed by atoms with van der Waals surface area (Å²) in [6.45, 7) is 3.05. The molecule has 0 saturated heterocycles. The van der Waals surface area contributed by atoms with Gasteiger partial charge in [-0.2, -0.15) is 0 Å². The first-order valence-electron chi connectivity index (χ1n) is 6.75. The van der Waals surface area contributed by atoms with Gasteiger partial charge in [0.15, 0.2) is 0 Å². The molecule has 0 aliphatic carbocycles. The van der Waals surface area contributed by atoms with Gasteiger partial charge in [-0.05, 0) is 12.5 Å². The summed E-state index contributed by atoms with van der Waals surface area (Å²) >= 11 is 1.56. The number of hydrogen-bond donors (Lipinski definition) is 0. The molecule has 0 radical (unpaired) electrons. The summed E-state index contributed by atoms with van der Waals surface area (Å²) in [5.74, 6) is 0. The summed E-state index contributed by atoms with van der Waals surface area (Å²) in [7, 11) is 1.63. The van der Waals surface area contributed by atoms with Crippen molar-refractivity contribution in [1.82, 2.24) is 9.55 Å². The summed E-state index contributed by atoms with van der Waals surface area (Å²) in [5, 5.41) is 0.710. The van der Waals surface area contributed by atoms with Crippen molar-refractivity contribution in [3.05, 3.63) is 51.9 Å². The van der Waals surface area contributed by atoms with E-state index in [-0.39, 0.29) is 5.56 Å². The van der Waals surface area contributed by atoms with Crippen LogP contribution in [0.25, 0.3) is 21.3 Å². The van der Waals surface area contributed by atoms with Crippen molar-refractivity contribution in [1.29, 1.82) is 0 Å². The van der Waals surface area contributed by atoms with Crippen LogP contribution in [0.5, 0.6) is 0 Å². The summed E-state index contributed by atoms with van der Waals surface area (Å²) in [6.07, 6.45) is 1.61. The first-order valence-corrected chi connectivity index (χ1v) is 7.57. The molecule has 2 heterocycles. The molecule has 0 saturated carbocycles. The second-order valence-corrected chi connectivity index (χ2v) is 6.02. The van der Waals surface area contributed by atoms with E-state index in [1.165, 1.54) is 0 Å². The minimum Gasteiger partial charge on any atom is -0.383 e. The van der Waals surface area contributed by atoms with Crippen molar-refractivity contribution in [3.63, 3.8) is 0 Å². The Morgan fingerprint density at radius 3 is 2.76 bits per heavy atom. The fraction of sp³-hybridized carbons (Fsp3) is 0.250. The Balaban J connectivity index is 2.25. The highest BCUT2D eigenvalue weighted by Gasteiger charge is 2.16. The molecule has 0 fully saturated rings. The number of aromatic nitrogens is 2. The summed E-state index contributed by atoms with van der Waals surface area (Å²) in [6, 6.07) is 10.00. The minimum absolute atomic E-state index is 0.000234. The molecule has 0 atom stereocenters. The fourth-order valence-electron chi connectivity index (χ4n) is 2.44. The van der Waals surface area contributed by atoms with Crippen LogP contribution in [0.3, 0.4) is 0 Å². The SMILES string of the molecule is COCCn1cnc2sc(C)c(-c3ccccc3)c2c1=O. The van der Waals surface area contributed by atoms with Gasteiger partial charge in [0, 0.05) is 17.6 Å². The summed E-state index contributed by atoms with van der Waals surface area (Å²) in [5.41, 5.74) is 2.06. The number of methoxy groups -OCH3 is 1. The minimum atomic E-state index is 0.000234. The zero-order chi connectivity index (χ0) is 14.8. The van der Waals surface area contributed by atoms with Gasteiger partial charge in [0.25, 0.3) is 5.56 Å². The van der Waals surface area contributed by atoms with E-state index >= 15 is 0 Å². The topological polar surface area (TPSA) is 44.1 Å². The number of benzene rings is 1. The Kier molecular flexibility index (Phi) is 3.86. The van der Waals surface area contributed by atoms with Crippen LogP contribution < -0.4 is 5.56 Å². The molecule has 21 heavy (non-hydrogen) atoms. The lowest BCUT2D eigenvalue weighted by Gasteiger charge is -2.05. The second-order valence-electron chi connectivity index (χ2n) is 4.82. The van der Waals surface area contributed by atoms with Crippen molar-refractivity contribution in [2.24, 2.45) is 0 Å². The van der Waals surface area contributed by atoms with E-state index < -0.39 is 0 Å². The molecule has 0 bridgehead atoms. The highest BCUT2D eigenvalue weighted by molar-refractivity contribution is 7.19. The van der Waals surface area contributed by atoms with E-state index in [1.807, 2.05) is 37.3 Å². The molecule has 0 aliphatic rings. The lowest BCUT2D eigenvalue weighted by Crippen LogP contribution is -2.22. The van der Waals surface area contributed by atoms with Crippen molar-refractivity contribution in [2.45, 2.75) is 13.5 Å². The standard InChI is InChI=1S/C16H16N2O2S/c1-11-13(12-6-4-3-5-7-12)14-15(21-11)17-10-18(16(14)19)8-9-20-2/h3-7,10H,8-9H2,1-2H3. The Hall–Kier alpha value is -1.98. The molecule has 108 valence electrons. The quantitative estimate of drug-likeness (QED) is 0.744. The van der Waals surface area contributed by atoms with Crippen molar-refractivity contribution in [2.75, 3.05) is 13.7 Å². The average Bonchev–Trinajstić information content (AvgIpc) is 2.84. The summed E-state index contributed by atoms with van der Waals surface area (Å²) in [4.78, 5) is 19.1. The van der Waals surface area contributed by atoms with Gasteiger partial charge in [-0.1, -0.05) is 30.3 Å². The monoisotopic (exact) mass is 300 g/mol. The summed E-state index contributed by atoms with van der Waals surface area (Å²) < 4.78 is 6.66. The van der Waals surface area contributed by atoms with Crippen LogP contribution in [0.15, 0.2) is 41.5 Å². The van der Waals surface area contributed by atoms with Crippen LogP contribution in [-0.2, 0) is 11.3 Å². The van der Waals surface area contributed by atoms with E-state index in [4.69, 9.17) is 4.74 Å². The highest BCUT2D eigenvalue weighted by atomic mass is 32.1.